The first-order chi connectivity index (χ1) is 5.16. The summed E-state index contributed by atoms with van der Waals surface area (Å²) in [5.74, 6) is -0.428. The van der Waals surface area contributed by atoms with E-state index in [9.17, 15) is 4.79 Å². The summed E-state index contributed by atoms with van der Waals surface area (Å²) in [5.41, 5.74) is 1.07. The highest BCUT2D eigenvalue weighted by atomic mass is 16.4. The van der Waals surface area contributed by atoms with Crippen molar-refractivity contribution in [3.05, 3.63) is 23.2 Å². The average Bonchev–Trinajstić information content (AvgIpc) is 2.30. The van der Waals surface area contributed by atoms with Crippen molar-refractivity contribution in [2.45, 2.75) is 20.3 Å². The number of rotatable bonds is 2. The van der Waals surface area contributed by atoms with Crippen LogP contribution in [0.2, 0.25) is 0 Å². The smallest absolute Gasteiger partial charge is 0.339 e. The van der Waals surface area contributed by atoms with Crippen LogP contribution in [0, 0.1) is 6.92 Å². The van der Waals surface area contributed by atoms with Crippen LogP contribution in [0.15, 0.2) is 10.7 Å². The summed E-state index contributed by atoms with van der Waals surface area (Å²) in [4.78, 5) is 10.6. The first kappa shape index (κ1) is 7.85. The Labute approximate surface area is 64.6 Å². The lowest BCUT2D eigenvalue weighted by Crippen LogP contribution is -1.99. The molecule has 0 amide bonds. The van der Waals surface area contributed by atoms with Gasteiger partial charge >= 0.3 is 5.97 Å². The van der Waals surface area contributed by atoms with Crippen LogP contribution in [-0.2, 0) is 6.42 Å². The summed E-state index contributed by atoms with van der Waals surface area (Å²) < 4.78 is 4.97. The van der Waals surface area contributed by atoms with Gasteiger partial charge in [-0.2, -0.15) is 0 Å². The Morgan fingerprint density at radius 1 is 1.73 bits per heavy atom. The predicted octanol–water partition coefficient (Wildman–Crippen LogP) is 1.85. The van der Waals surface area contributed by atoms with Crippen LogP contribution in [0.3, 0.4) is 0 Å². The molecular formula is C8H10O3. The zero-order chi connectivity index (χ0) is 8.43. The molecule has 60 valence electrons. The number of hydrogen-bond acceptors (Lipinski definition) is 2. The second-order valence-electron chi connectivity index (χ2n) is 2.35. The molecule has 1 N–H and O–H groups in total. The van der Waals surface area contributed by atoms with Gasteiger partial charge in [-0.25, -0.2) is 4.79 Å². The fraction of sp³-hybridized carbons (Fsp3) is 0.375. The molecule has 0 aliphatic carbocycles. The van der Waals surface area contributed by atoms with Crippen LogP contribution < -0.4 is 0 Å². The normalized spacial score (nSPS) is 10.0. The highest BCUT2D eigenvalue weighted by Gasteiger charge is 2.14. The van der Waals surface area contributed by atoms with Gasteiger partial charge in [0.2, 0.25) is 0 Å². The number of hydrogen-bond donors (Lipinski definition) is 1. The molecule has 0 aliphatic rings. The summed E-state index contributed by atoms with van der Waals surface area (Å²) in [6, 6.07) is 0. The fourth-order valence-electron chi connectivity index (χ4n) is 1.05. The topological polar surface area (TPSA) is 50.4 Å². The average molecular weight is 154 g/mol. The molecule has 1 heterocycles. The van der Waals surface area contributed by atoms with E-state index in [2.05, 4.69) is 0 Å². The van der Waals surface area contributed by atoms with Crippen molar-refractivity contribution in [1.29, 1.82) is 0 Å². The van der Waals surface area contributed by atoms with Gasteiger partial charge in [0.1, 0.15) is 11.3 Å². The maximum atomic E-state index is 10.6. The van der Waals surface area contributed by atoms with Crippen molar-refractivity contribution in [3.8, 4) is 0 Å². The van der Waals surface area contributed by atoms with Crippen LogP contribution in [0.4, 0.5) is 0 Å². The highest BCUT2D eigenvalue weighted by molar-refractivity contribution is 5.90. The largest absolute Gasteiger partial charge is 0.478 e. The molecule has 0 aliphatic heterocycles. The summed E-state index contributed by atoms with van der Waals surface area (Å²) in [6.07, 6.45) is 2.19. The molecule has 11 heavy (non-hydrogen) atoms. The summed E-state index contributed by atoms with van der Waals surface area (Å²) in [6.45, 7) is 3.55. The molecule has 3 nitrogen and oxygen atoms in total. The number of carboxylic acid groups (broad SMARTS) is 1. The quantitative estimate of drug-likeness (QED) is 0.707. The zero-order valence-corrected chi connectivity index (χ0v) is 6.55. The maximum absolute atomic E-state index is 10.6. The van der Waals surface area contributed by atoms with Gasteiger partial charge in [-0.1, -0.05) is 6.92 Å². The minimum atomic E-state index is -0.909. The third kappa shape index (κ3) is 1.27. The van der Waals surface area contributed by atoms with Gasteiger partial charge in [-0.3, -0.25) is 0 Å². The minimum Gasteiger partial charge on any atom is -0.478 e. The predicted molar refractivity (Wildman–Crippen MR) is 39.8 cm³/mol. The monoisotopic (exact) mass is 154 g/mol. The molecule has 0 atom stereocenters. The lowest BCUT2D eigenvalue weighted by molar-refractivity contribution is 0.0694. The van der Waals surface area contributed by atoms with E-state index in [-0.39, 0.29) is 0 Å². The van der Waals surface area contributed by atoms with Crippen LogP contribution in [-0.4, -0.2) is 11.1 Å². The molecule has 1 aromatic heterocycles. The Morgan fingerprint density at radius 3 is 2.73 bits per heavy atom. The molecule has 0 saturated heterocycles. The Kier molecular flexibility index (Phi) is 1.98. The second-order valence-corrected chi connectivity index (χ2v) is 2.35. The van der Waals surface area contributed by atoms with E-state index in [1.807, 2.05) is 6.92 Å². The zero-order valence-electron chi connectivity index (χ0n) is 6.55. The van der Waals surface area contributed by atoms with Crippen molar-refractivity contribution in [1.82, 2.24) is 0 Å². The first-order valence-corrected chi connectivity index (χ1v) is 3.47. The molecule has 0 saturated carbocycles. The lowest BCUT2D eigenvalue weighted by Gasteiger charge is -1.92. The Bertz CT molecular complexity index is 273. The SMILES string of the molecule is CCc1coc(C)c1C(=O)O. The molecule has 0 unspecified atom stereocenters. The molecule has 0 aromatic carbocycles. The Hall–Kier alpha value is -1.25. The molecule has 0 radical (unpaired) electrons. The molecule has 0 bridgehead atoms. The van der Waals surface area contributed by atoms with Gasteiger partial charge < -0.3 is 9.52 Å². The van der Waals surface area contributed by atoms with Crippen molar-refractivity contribution in [2.24, 2.45) is 0 Å². The van der Waals surface area contributed by atoms with Gasteiger partial charge in [-0.15, -0.1) is 0 Å². The number of aromatic carboxylic acids is 1. The molecule has 0 spiro atoms. The van der Waals surface area contributed by atoms with Gasteiger partial charge in [0.05, 0.1) is 6.26 Å². The molecular weight excluding hydrogens is 144 g/mol. The fourth-order valence-corrected chi connectivity index (χ4v) is 1.05. The van der Waals surface area contributed by atoms with E-state index in [1.165, 1.54) is 6.26 Å². The number of carboxylic acids is 1. The van der Waals surface area contributed by atoms with E-state index in [4.69, 9.17) is 9.52 Å². The number of furan rings is 1. The standard InChI is InChI=1S/C8H10O3/c1-3-6-4-11-5(2)7(6)8(9)10/h4H,3H2,1-2H3,(H,9,10). The van der Waals surface area contributed by atoms with E-state index >= 15 is 0 Å². The molecule has 1 rings (SSSR count). The van der Waals surface area contributed by atoms with Gasteiger partial charge in [0.25, 0.3) is 0 Å². The maximum Gasteiger partial charge on any atom is 0.339 e. The third-order valence-corrected chi connectivity index (χ3v) is 1.65. The lowest BCUT2D eigenvalue weighted by atomic mass is 10.1. The Balaban J connectivity index is 3.17. The van der Waals surface area contributed by atoms with E-state index in [0.717, 1.165) is 5.56 Å². The number of carbonyl (C=O) groups is 1. The van der Waals surface area contributed by atoms with E-state index in [0.29, 0.717) is 17.7 Å². The van der Waals surface area contributed by atoms with Crippen LogP contribution in [0.5, 0.6) is 0 Å². The van der Waals surface area contributed by atoms with Crippen LogP contribution in [0.25, 0.3) is 0 Å². The summed E-state index contributed by atoms with van der Waals surface area (Å²) in [7, 11) is 0. The van der Waals surface area contributed by atoms with E-state index in [1.54, 1.807) is 6.92 Å². The van der Waals surface area contributed by atoms with Crippen molar-refractivity contribution < 1.29 is 14.3 Å². The van der Waals surface area contributed by atoms with Crippen molar-refractivity contribution in [2.75, 3.05) is 0 Å². The highest BCUT2D eigenvalue weighted by Crippen LogP contribution is 2.16. The molecule has 0 fully saturated rings. The van der Waals surface area contributed by atoms with Gasteiger partial charge in [-0.05, 0) is 13.3 Å². The minimum absolute atomic E-state index is 0.313. The van der Waals surface area contributed by atoms with Crippen molar-refractivity contribution in [3.63, 3.8) is 0 Å². The molecule has 3 heteroatoms. The third-order valence-electron chi connectivity index (χ3n) is 1.65. The van der Waals surface area contributed by atoms with Gasteiger partial charge in [0.15, 0.2) is 0 Å². The van der Waals surface area contributed by atoms with Crippen molar-refractivity contribution >= 4 is 5.97 Å². The van der Waals surface area contributed by atoms with Crippen LogP contribution in [0.1, 0.15) is 28.6 Å². The van der Waals surface area contributed by atoms with Gasteiger partial charge in [0, 0.05) is 5.56 Å². The summed E-state index contributed by atoms with van der Waals surface area (Å²) in [5, 5.41) is 8.71. The second kappa shape index (κ2) is 2.78. The Morgan fingerprint density at radius 2 is 2.36 bits per heavy atom. The first-order valence-electron chi connectivity index (χ1n) is 3.47. The number of aryl methyl sites for hydroxylation is 2. The van der Waals surface area contributed by atoms with E-state index < -0.39 is 5.97 Å². The van der Waals surface area contributed by atoms with Crippen LogP contribution >= 0.6 is 0 Å². The molecule has 1 aromatic rings. The summed E-state index contributed by atoms with van der Waals surface area (Å²) >= 11 is 0.